The average Bonchev–Trinajstić information content (AvgIpc) is 2.28. The summed E-state index contributed by atoms with van der Waals surface area (Å²) in [6.07, 6.45) is 6.18. The van der Waals surface area contributed by atoms with Gasteiger partial charge in [-0.3, -0.25) is 4.79 Å². The van der Waals surface area contributed by atoms with Crippen molar-refractivity contribution in [3.8, 4) is 0 Å². The highest BCUT2D eigenvalue weighted by molar-refractivity contribution is 6.01. The first-order valence-corrected chi connectivity index (χ1v) is 6.17. The van der Waals surface area contributed by atoms with Crippen LogP contribution in [0.1, 0.15) is 54.1 Å². The molecule has 0 radical (unpaired) electrons. The van der Waals surface area contributed by atoms with Crippen molar-refractivity contribution in [3.05, 3.63) is 28.8 Å². The van der Waals surface area contributed by atoms with Crippen LogP contribution in [0.15, 0.2) is 12.1 Å². The third kappa shape index (κ3) is 2.11. The molecule has 1 aromatic rings. The number of rotatable bonds is 3. The SMILES string of the molecule is CCCC(=O)c1cc2c(cc1N)CCCC2. The number of benzene rings is 1. The average molecular weight is 217 g/mol. The minimum Gasteiger partial charge on any atom is -0.398 e. The van der Waals surface area contributed by atoms with Crippen LogP contribution in [0.2, 0.25) is 0 Å². The van der Waals surface area contributed by atoms with Crippen LogP contribution in [0.3, 0.4) is 0 Å². The minimum atomic E-state index is 0.188. The van der Waals surface area contributed by atoms with Crippen molar-refractivity contribution in [2.45, 2.75) is 45.4 Å². The van der Waals surface area contributed by atoms with Crippen molar-refractivity contribution in [2.75, 3.05) is 5.73 Å². The van der Waals surface area contributed by atoms with Crippen LogP contribution in [0.4, 0.5) is 5.69 Å². The van der Waals surface area contributed by atoms with E-state index in [-0.39, 0.29) is 5.78 Å². The number of carbonyl (C=O) groups is 1. The fourth-order valence-corrected chi connectivity index (χ4v) is 2.41. The zero-order valence-corrected chi connectivity index (χ0v) is 9.88. The fourth-order valence-electron chi connectivity index (χ4n) is 2.41. The summed E-state index contributed by atoms with van der Waals surface area (Å²) < 4.78 is 0. The van der Waals surface area contributed by atoms with Crippen molar-refractivity contribution in [3.63, 3.8) is 0 Å². The predicted molar refractivity (Wildman–Crippen MR) is 66.7 cm³/mol. The molecule has 2 rings (SSSR count). The Labute approximate surface area is 96.8 Å². The van der Waals surface area contributed by atoms with Crippen molar-refractivity contribution in [2.24, 2.45) is 0 Å². The summed E-state index contributed by atoms with van der Waals surface area (Å²) in [5.74, 6) is 0.188. The molecule has 1 aliphatic rings. The molecule has 2 heteroatoms. The van der Waals surface area contributed by atoms with E-state index in [2.05, 4.69) is 0 Å². The first-order chi connectivity index (χ1) is 7.72. The molecular weight excluding hydrogens is 198 g/mol. The van der Waals surface area contributed by atoms with Gasteiger partial charge in [0.25, 0.3) is 0 Å². The lowest BCUT2D eigenvalue weighted by Crippen LogP contribution is -2.09. The maximum atomic E-state index is 11.9. The van der Waals surface area contributed by atoms with E-state index < -0.39 is 0 Å². The number of carbonyl (C=O) groups excluding carboxylic acids is 1. The van der Waals surface area contributed by atoms with Crippen molar-refractivity contribution in [1.29, 1.82) is 0 Å². The van der Waals surface area contributed by atoms with E-state index in [9.17, 15) is 4.79 Å². The Morgan fingerprint density at radius 2 is 1.88 bits per heavy atom. The van der Waals surface area contributed by atoms with E-state index in [0.29, 0.717) is 12.1 Å². The number of aryl methyl sites for hydroxylation is 2. The topological polar surface area (TPSA) is 43.1 Å². The highest BCUT2D eigenvalue weighted by atomic mass is 16.1. The number of ketones is 1. The molecule has 1 aromatic carbocycles. The van der Waals surface area contributed by atoms with E-state index >= 15 is 0 Å². The Morgan fingerprint density at radius 3 is 2.50 bits per heavy atom. The molecule has 0 atom stereocenters. The molecular formula is C14H19NO. The zero-order valence-electron chi connectivity index (χ0n) is 9.88. The summed E-state index contributed by atoms with van der Waals surface area (Å²) in [4.78, 5) is 11.9. The zero-order chi connectivity index (χ0) is 11.5. The first kappa shape index (κ1) is 11.2. The number of nitrogens with two attached hydrogens (primary N) is 1. The van der Waals surface area contributed by atoms with Gasteiger partial charge in [-0.25, -0.2) is 0 Å². The van der Waals surface area contributed by atoms with Gasteiger partial charge in [0.2, 0.25) is 0 Å². The first-order valence-electron chi connectivity index (χ1n) is 6.17. The second-order valence-corrected chi connectivity index (χ2v) is 4.59. The number of hydrogen-bond donors (Lipinski definition) is 1. The van der Waals surface area contributed by atoms with E-state index in [1.54, 1.807) is 0 Å². The normalized spacial score (nSPS) is 14.6. The lowest BCUT2D eigenvalue weighted by atomic mass is 9.88. The van der Waals surface area contributed by atoms with E-state index in [0.717, 1.165) is 24.8 Å². The molecule has 0 aromatic heterocycles. The van der Waals surface area contributed by atoms with Gasteiger partial charge < -0.3 is 5.73 Å². The summed E-state index contributed by atoms with van der Waals surface area (Å²) in [5, 5.41) is 0. The van der Waals surface area contributed by atoms with Crippen LogP contribution < -0.4 is 5.73 Å². The predicted octanol–water partition coefficient (Wildman–Crippen LogP) is 3.13. The van der Waals surface area contributed by atoms with Crippen LogP contribution in [-0.2, 0) is 12.8 Å². The van der Waals surface area contributed by atoms with Gasteiger partial charge in [-0.15, -0.1) is 0 Å². The molecule has 0 spiro atoms. The monoisotopic (exact) mass is 217 g/mol. The van der Waals surface area contributed by atoms with Crippen molar-refractivity contribution < 1.29 is 4.79 Å². The Balaban J connectivity index is 2.35. The molecule has 0 saturated heterocycles. The summed E-state index contributed by atoms with van der Waals surface area (Å²) in [7, 11) is 0. The molecule has 0 amide bonds. The number of nitrogen functional groups attached to an aromatic ring is 1. The van der Waals surface area contributed by atoms with Crippen molar-refractivity contribution >= 4 is 11.5 Å². The molecule has 0 bridgehead atoms. The van der Waals surface area contributed by atoms with Gasteiger partial charge in [-0.2, -0.15) is 0 Å². The van der Waals surface area contributed by atoms with Crippen LogP contribution >= 0.6 is 0 Å². The van der Waals surface area contributed by atoms with Crippen LogP contribution in [0.5, 0.6) is 0 Å². The second kappa shape index (κ2) is 4.69. The van der Waals surface area contributed by atoms with Gasteiger partial charge in [-0.1, -0.05) is 6.92 Å². The summed E-state index contributed by atoms with van der Waals surface area (Å²) >= 11 is 0. The largest absolute Gasteiger partial charge is 0.398 e. The maximum absolute atomic E-state index is 11.9. The number of Topliss-reactive ketones (excluding diaryl/α,β-unsaturated/α-hetero) is 1. The maximum Gasteiger partial charge on any atom is 0.164 e. The quantitative estimate of drug-likeness (QED) is 0.624. The van der Waals surface area contributed by atoms with Gasteiger partial charge in [0.05, 0.1) is 0 Å². The number of anilines is 1. The Bertz CT molecular complexity index is 409. The van der Waals surface area contributed by atoms with Gasteiger partial charge in [0, 0.05) is 17.7 Å². The molecule has 1 aliphatic carbocycles. The van der Waals surface area contributed by atoms with E-state index in [1.165, 1.54) is 24.0 Å². The van der Waals surface area contributed by atoms with Gasteiger partial charge in [0.15, 0.2) is 5.78 Å². The third-order valence-corrected chi connectivity index (χ3v) is 3.29. The van der Waals surface area contributed by atoms with Crippen LogP contribution in [0.25, 0.3) is 0 Å². The molecule has 0 aliphatic heterocycles. The molecule has 0 fully saturated rings. The van der Waals surface area contributed by atoms with Crippen molar-refractivity contribution in [1.82, 2.24) is 0 Å². The summed E-state index contributed by atoms with van der Waals surface area (Å²) in [6, 6.07) is 4.04. The Hall–Kier alpha value is -1.31. The van der Waals surface area contributed by atoms with Gasteiger partial charge in [0.1, 0.15) is 0 Å². The van der Waals surface area contributed by atoms with Crippen LogP contribution in [-0.4, -0.2) is 5.78 Å². The number of hydrogen-bond acceptors (Lipinski definition) is 2. The Morgan fingerprint density at radius 1 is 1.25 bits per heavy atom. The molecule has 16 heavy (non-hydrogen) atoms. The molecule has 0 unspecified atom stereocenters. The second-order valence-electron chi connectivity index (χ2n) is 4.59. The summed E-state index contributed by atoms with van der Waals surface area (Å²) in [6.45, 7) is 2.02. The fraction of sp³-hybridized carbons (Fsp3) is 0.500. The van der Waals surface area contributed by atoms with Gasteiger partial charge in [-0.05, 0) is 55.4 Å². The highest BCUT2D eigenvalue weighted by Gasteiger charge is 2.15. The van der Waals surface area contributed by atoms with E-state index in [4.69, 9.17) is 5.73 Å². The highest BCUT2D eigenvalue weighted by Crippen LogP contribution is 2.27. The van der Waals surface area contributed by atoms with E-state index in [1.807, 2.05) is 19.1 Å². The lowest BCUT2D eigenvalue weighted by Gasteiger charge is -2.18. The standard InChI is InChI=1S/C14H19NO/c1-2-5-14(16)12-8-10-6-3-4-7-11(10)9-13(12)15/h8-9H,2-7,15H2,1H3. The lowest BCUT2D eigenvalue weighted by molar-refractivity contribution is 0.0982. The minimum absolute atomic E-state index is 0.188. The molecule has 2 N–H and O–H groups in total. The molecule has 86 valence electrons. The molecule has 0 heterocycles. The molecule has 2 nitrogen and oxygen atoms in total. The smallest absolute Gasteiger partial charge is 0.164 e. The Kier molecular flexibility index (Phi) is 3.28. The van der Waals surface area contributed by atoms with Crippen LogP contribution in [0, 0.1) is 0 Å². The number of fused-ring (bicyclic) bond motifs is 1. The molecule has 0 saturated carbocycles. The third-order valence-electron chi connectivity index (χ3n) is 3.29. The van der Waals surface area contributed by atoms with Gasteiger partial charge >= 0.3 is 0 Å². The summed E-state index contributed by atoms with van der Waals surface area (Å²) in [5.41, 5.74) is 10.0.